The van der Waals surface area contributed by atoms with Gasteiger partial charge in [0, 0.05) is 39.3 Å². The highest BCUT2D eigenvalue weighted by molar-refractivity contribution is 5.94. The number of ether oxygens (including phenoxy) is 1. The van der Waals surface area contributed by atoms with Crippen molar-refractivity contribution in [1.29, 1.82) is 0 Å². The Morgan fingerprint density at radius 1 is 1.24 bits per heavy atom. The third-order valence-corrected chi connectivity index (χ3v) is 4.43. The first kappa shape index (κ1) is 19.0. The Balaban J connectivity index is 1.85. The van der Waals surface area contributed by atoms with E-state index in [-0.39, 0.29) is 18.4 Å². The molecule has 1 aliphatic rings. The number of hydrogen-bond acceptors (Lipinski definition) is 4. The van der Waals surface area contributed by atoms with Crippen molar-refractivity contribution in [2.24, 2.45) is 0 Å². The van der Waals surface area contributed by atoms with Crippen molar-refractivity contribution in [1.82, 2.24) is 14.7 Å². The van der Waals surface area contributed by atoms with Crippen LogP contribution in [0.25, 0.3) is 6.08 Å². The summed E-state index contributed by atoms with van der Waals surface area (Å²) in [5.74, 6) is 0.550. The van der Waals surface area contributed by atoms with Gasteiger partial charge in [0.05, 0.1) is 13.7 Å². The minimum absolute atomic E-state index is 0.00128. The number of nitrogens with zero attached hydrogens (tertiary/aromatic N) is 3. The van der Waals surface area contributed by atoms with Gasteiger partial charge in [-0.15, -0.1) is 0 Å². The lowest BCUT2D eigenvalue weighted by Gasteiger charge is -2.34. The van der Waals surface area contributed by atoms with Crippen molar-refractivity contribution in [2.75, 3.05) is 53.4 Å². The van der Waals surface area contributed by atoms with Crippen molar-refractivity contribution in [3.8, 4) is 5.75 Å². The van der Waals surface area contributed by atoms with E-state index in [4.69, 9.17) is 4.74 Å². The molecule has 0 aliphatic carbocycles. The molecule has 25 heavy (non-hydrogen) atoms. The quantitative estimate of drug-likeness (QED) is 0.730. The van der Waals surface area contributed by atoms with Crippen molar-refractivity contribution in [3.05, 3.63) is 35.9 Å². The first-order chi connectivity index (χ1) is 12.0. The predicted molar refractivity (Wildman–Crippen MR) is 98.4 cm³/mol. The SMILES string of the molecule is CCN1CCN(C(=O)CN(C)C(=O)/C=C/c2cccc(OC)c2)CC1. The summed E-state index contributed by atoms with van der Waals surface area (Å²) in [6, 6.07) is 7.46. The van der Waals surface area contributed by atoms with Gasteiger partial charge < -0.3 is 19.4 Å². The van der Waals surface area contributed by atoms with Crippen molar-refractivity contribution < 1.29 is 14.3 Å². The van der Waals surface area contributed by atoms with E-state index in [0.717, 1.165) is 44.0 Å². The third kappa shape index (κ3) is 5.60. The maximum absolute atomic E-state index is 12.3. The lowest BCUT2D eigenvalue weighted by atomic mass is 10.2. The molecule has 0 spiro atoms. The van der Waals surface area contributed by atoms with E-state index in [2.05, 4.69) is 11.8 Å². The summed E-state index contributed by atoms with van der Waals surface area (Å²) in [7, 11) is 3.26. The molecule has 0 saturated carbocycles. The summed E-state index contributed by atoms with van der Waals surface area (Å²) >= 11 is 0. The van der Waals surface area contributed by atoms with E-state index in [1.54, 1.807) is 20.2 Å². The normalized spacial score (nSPS) is 15.4. The van der Waals surface area contributed by atoms with Gasteiger partial charge >= 0.3 is 0 Å². The Bertz CT molecular complexity index is 622. The molecule has 1 fully saturated rings. The van der Waals surface area contributed by atoms with Gasteiger partial charge in [-0.3, -0.25) is 9.59 Å². The Morgan fingerprint density at radius 2 is 1.96 bits per heavy atom. The van der Waals surface area contributed by atoms with Gasteiger partial charge in [-0.2, -0.15) is 0 Å². The molecule has 6 nitrogen and oxygen atoms in total. The van der Waals surface area contributed by atoms with Crippen LogP contribution in [0.3, 0.4) is 0 Å². The van der Waals surface area contributed by atoms with Gasteiger partial charge in [0.2, 0.25) is 11.8 Å². The van der Waals surface area contributed by atoms with Crippen LogP contribution in [0.15, 0.2) is 30.3 Å². The van der Waals surface area contributed by atoms with Crippen LogP contribution in [0.1, 0.15) is 12.5 Å². The number of likely N-dealkylation sites (N-methyl/N-ethyl adjacent to an activating group) is 2. The summed E-state index contributed by atoms with van der Waals surface area (Å²) < 4.78 is 5.16. The van der Waals surface area contributed by atoms with Crippen molar-refractivity contribution in [2.45, 2.75) is 6.92 Å². The number of hydrogen-bond donors (Lipinski definition) is 0. The van der Waals surface area contributed by atoms with Gasteiger partial charge in [-0.1, -0.05) is 19.1 Å². The van der Waals surface area contributed by atoms with Crippen LogP contribution in [0, 0.1) is 0 Å². The zero-order chi connectivity index (χ0) is 18.2. The number of amides is 2. The molecule has 1 aliphatic heterocycles. The zero-order valence-electron chi connectivity index (χ0n) is 15.3. The molecule has 0 aromatic heterocycles. The predicted octanol–water partition coefficient (Wildman–Crippen LogP) is 1.33. The van der Waals surface area contributed by atoms with E-state index in [1.807, 2.05) is 29.2 Å². The molecule has 2 rings (SSSR count). The van der Waals surface area contributed by atoms with Gasteiger partial charge in [0.15, 0.2) is 0 Å². The summed E-state index contributed by atoms with van der Waals surface area (Å²) in [6.07, 6.45) is 3.21. The zero-order valence-corrected chi connectivity index (χ0v) is 15.3. The molecule has 136 valence electrons. The van der Waals surface area contributed by atoms with Gasteiger partial charge in [-0.25, -0.2) is 0 Å². The number of carbonyl (C=O) groups excluding carboxylic acids is 2. The summed E-state index contributed by atoms with van der Waals surface area (Å²) in [5, 5.41) is 0. The minimum atomic E-state index is -0.191. The highest BCUT2D eigenvalue weighted by Gasteiger charge is 2.21. The molecule has 0 N–H and O–H groups in total. The maximum Gasteiger partial charge on any atom is 0.246 e. The highest BCUT2D eigenvalue weighted by atomic mass is 16.5. The first-order valence-corrected chi connectivity index (χ1v) is 8.61. The number of rotatable bonds is 6. The number of benzene rings is 1. The molecular weight excluding hydrogens is 318 g/mol. The van der Waals surface area contributed by atoms with Gasteiger partial charge in [0.25, 0.3) is 0 Å². The molecule has 1 heterocycles. The van der Waals surface area contributed by atoms with E-state index in [0.29, 0.717) is 0 Å². The maximum atomic E-state index is 12.3. The molecular formula is C19H27N3O3. The van der Waals surface area contributed by atoms with Gasteiger partial charge in [0.1, 0.15) is 5.75 Å². The van der Waals surface area contributed by atoms with Gasteiger partial charge in [-0.05, 0) is 30.3 Å². The molecule has 2 amide bonds. The van der Waals surface area contributed by atoms with E-state index < -0.39 is 0 Å². The Labute approximate surface area is 149 Å². The minimum Gasteiger partial charge on any atom is -0.497 e. The lowest BCUT2D eigenvalue weighted by molar-refractivity contribution is -0.138. The average molecular weight is 345 g/mol. The van der Waals surface area contributed by atoms with Crippen LogP contribution in [0.2, 0.25) is 0 Å². The molecule has 0 radical (unpaired) electrons. The van der Waals surface area contributed by atoms with Crippen LogP contribution < -0.4 is 4.74 Å². The second kappa shape index (κ2) is 9.22. The van der Waals surface area contributed by atoms with Crippen LogP contribution in [0.5, 0.6) is 5.75 Å². The van der Waals surface area contributed by atoms with Crippen LogP contribution in [-0.2, 0) is 9.59 Å². The van der Waals surface area contributed by atoms with Crippen LogP contribution in [-0.4, -0.2) is 79.9 Å². The molecule has 0 atom stereocenters. The summed E-state index contributed by atoms with van der Waals surface area (Å²) in [6.45, 7) is 6.50. The Kier molecular flexibility index (Phi) is 7.01. The summed E-state index contributed by atoms with van der Waals surface area (Å²) in [4.78, 5) is 30.2. The smallest absolute Gasteiger partial charge is 0.246 e. The molecule has 1 aromatic rings. The fourth-order valence-corrected chi connectivity index (χ4v) is 2.73. The van der Waals surface area contributed by atoms with Crippen LogP contribution >= 0.6 is 0 Å². The number of carbonyl (C=O) groups is 2. The Hall–Kier alpha value is -2.34. The molecule has 6 heteroatoms. The fraction of sp³-hybridized carbons (Fsp3) is 0.474. The van der Waals surface area contributed by atoms with E-state index in [1.165, 1.54) is 11.0 Å². The van der Waals surface area contributed by atoms with Crippen LogP contribution in [0.4, 0.5) is 0 Å². The molecule has 0 unspecified atom stereocenters. The first-order valence-electron chi connectivity index (χ1n) is 8.61. The van der Waals surface area contributed by atoms with Crippen molar-refractivity contribution in [3.63, 3.8) is 0 Å². The van der Waals surface area contributed by atoms with E-state index >= 15 is 0 Å². The summed E-state index contributed by atoms with van der Waals surface area (Å²) in [5.41, 5.74) is 0.878. The third-order valence-electron chi connectivity index (χ3n) is 4.43. The monoisotopic (exact) mass is 345 g/mol. The molecule has 0 bridgehead atoms. The second-order valence-electron chi connectivity index (χ2n) is 6.12. The fourth-order valence-electron chi connectivity index (χ4n) is 2.73. The van der Waals surface area contributed by atoms with Crippen molar-refractivity contribution >= 4 is 17.9 Å². The van der Waals surface area contributed by atoms with E-state index in [9.17, 15) is 9.59 Å². The number of methoxy groups -OCH3 is 1. The highest BCUT2D eigenvalue weighted by Crippen LogP contribution is 2.13. The average Bonchev–Trinajstić information content (AvgIpc) is 2.66. The second-order valence-corrected chi connectivity index (χ2v) is 6.12. The number of piperazine rings is 1. The largest absolute Gasteiger partial charge is 0.497 e. The Morgan fingerprint density at radius 3 is 2.60 bits per heavy atom. The lowest BCUT2D eigenvalue weighted by Crippen LogP contribution is -2.51. The molecule has 1 aromatic carbocycles. The topological polar surface area (TPSA) is 53.1 Å². The standard InChI is InChI=1S/C19H27N3O3/c1-4-21-10-12-22(13-11-21)19(24)15-20(2)18(23)9-8-16-6-5-7-17(14-16)25-3/h5-9,14H,4,10-13,15H2,1-3H3/b9-8+. The molecule has 1 saturated heterocycles.